The number of aryl methyl sites for hydroxylation is 1. The van der Waals surface area contributed by atoms with Crippen LogP contribution in [0, 0.1) is 0 Å². The fraction of sp³-hybridized carbons (Fsp3) is 0.273. The lowest BCUT2D eigenvalue weighted by Gasteiger charge is -2.03. The van der Waals surface area contributed by atoms with Gasteiger partial charge in [-0.1, -0.05) is 30.3 Å². The second kappa shape index (κ2) is 6.58. The maximum Gasteiger partial charge on any atom is 0.262 e. The van der Waals surface area contributed by atoms with Crippen LogP contribution >= 0.6 is 0 Å². The molecule has 0 saturated carbocycles. The number of hydrogen-bond donors (Lipinski definition) is 3. The van der Waals surface area contributed by atoms with E-state index < -0.39 is 5.91 Å². The molecule has 5 nitrogen and oxygen atoms in total. The van der Waals surface area contributed by atoms with Gasteiger partial charge in [0.05, 0.1) is 6.54 Å². The zero-order chi connectivity index (χ0) is 11.8. The molecule has 0 aliphatic heterocycles. The summed E-state index contributed by atoms with van der Waals surface area (Å²) in [7, 11) is 0. The summed E-state index contributed by atoms with van der Waals surface area (Å²) in [6.07, 6.45) is 0.955. The number of carbonyl (C=O) groups is 2. The molecule has 0 saturated heterocycles. The van der Waals surface area contributed by atoms with Crippen LogP contribution in [0.4, 0.5) is 0 Å². The minimum Gasteiger partial charge on any atom is -0.347 e. The highest BCUT2D eigenvalue weighted by Gasteiger charge is 2.04. The van der Waals surface area contributed by atoms with Crippen molar-refractivity contribution in [2.45, 2.75) is 12.8 Å². The second-order valence-electron chi connectivity index (χ2n) is 3.30. The molecule has 3 N–H and O–H groups in total. The number of nitrogens with one attached hydrogen (secondary N) is 2. The van der Waals surface area contributed by atoms with E-state index in [1.807, 2.05) is 30.3 Å². The molecule has 0 aliphatic rings. The fourth-order valence-corrected chi connectivity index (χ4v) is 1.21. The van der Waals surface area contributed by atoms with Crippen LogP contribution in [-0.2, 0) is 16.0 Å². The third kappa shape index (κ3) is 4.56. The maximum atomic E-state index is 11.3. The molecule has 0 spiro atoms. The summed E-state index contributed by atoms with van der Waals surface area (Å²) >= 11 is 0. The topological polar surface area (TPSA) is 78.4 Å². The van der Waals surface area contributed by atoms with Gasteiger partial charge in [0, 0.05) is 6.42 Å². The summed E-state index contributed by atoms with van der Waals surface area (Å²) in [4.78, 5) is 21.9. The molecule has 0 aromatic heterocycles. The molecule has 1 aromatic rings. The van der Waals surface area contributed by atoms with E-state index in [0.29, 0.717) is 12.8 Å². The molecule has 0 unspecified atom stereocenters. The van der Waals surface area contributed by atoms with E-state index in [0.717, 1.165) is 5.56 Å². The van der Waals surface area contributed by atoms with Crippen molar-refractivity contribution < 1.29 is 14.8 Å². The molecule has 0 fully saturated rings. The van der Waals surface area contributed by atoms with Crippen LogP contribution < -0.4 is 10.8 Å². The van der Waals surface area contributed by atoms with E-state index in [2.05, 4.69) is 5.32 Å². The lowest BCUT2D eigenvalue weighted by molar-refractivity contribution is -0.131. The molecule has 5 heteroatoms. The van der Waals surface area contributed by atoms with Gasteiger partial charge in [-0.25, -0.2) is 5.48 Å². The van der Waals surface area contributed by atoms with Crippen LogP contribution in [0.1, 0.15) is 12.0 Å². The Labute approximate surface area is 93.4 Å². The van der Waals surface area contributed by atoms with Crippen LogP contribution in [0.5, 0.6) is 0 Å². The van der Waals surface area contributed by atoms with E-state index in [1.54, 1.807) is 0 Å². The number of benzene rings is 1. The first-order chi connectivity index (χ1) is 7.72. The van der Waals surface area contributed by atoms with E-state index in [1.165, 1.54) is 5.48 Å². The quantitative estimate of drug-likeness (QED) is 0.493. The van der Waals surface area contributed by atoms with Crippen LogP contribution in [0.3, 0.4) is 0 Å². The van der Waals surface area contributed by atoms with Crippen molar-refractivity contribution in [1.29, 1.82) is 0 Å². The first-order valence-corrected chi connectivity index (χ1v) is 4.96. The Morgan fingerprint density at radius 2 is 1.81 bits per heavy atom. The standard InChI is InChI=1S/C11H14N2O3/c14-10(12-8-11(15)13-16)7-6-9-4-2-1-3-5-9/h1-5,16H,6-8H2,(H,12,14)(H,13,15). The fourth-order valence-electron chi connectivity index (χ4n) is 1.21. The average Bonchev–Trinajstić information content (AvgIpc) is 2.34. The minimum absolute atomic E-state index is 0.204. The van der Waals surface area contributed by atoms with Crippen molar-refractivity contribution in [3.63, 3.8) is 0 Å². The molecule has 0 radical (unpaired) electrons. The third-order valence-corrected chi connectivity index (χ3v) is 2.05. The van der Waals surface area contributed by atoms with Gasteiger partial charge in [0.2, 0.25) is 5.91 Å². The highest BCUT2D eigenvalue weighted by atomic mass is 16.5. The first-order valence-electron chi connectivity index (χ1n) is 4.96. The SMILES string of the molecule is O=C(CNC(=O)CCc1ccccc1)NO. The number of amides is 2. The van der Waals surface area contributed by atoms with Crippen molar-refractivity contribution in [3.8, 4) is 0 Å². The lowest BCUT2D eigenvalue weighted by Crippen LogP contribution is -2.35. The molecule has 16 heavy (non-hydrogen) atoms. The highest BCUT2D eigenvalue weighted by Crippen LogP contribution is 2.01. The van der Waals surface area contributed by atoms with Crippen LogP contribution in [-0.4, -0.2) is 23.6 Å². The Morgan fingerprint density at radius 3 is 2.44 bits per heavy atom. The molecular formula is C11H14N2O3. The monoisotopic (exact) mass is 222 g/mol. The van der Waals surface area contributed by atoms with Crippen molar-refractivity contribution in [1.82, 2.24) is 10.8 Å². The van der Waals surface area contributed by atoms with Gasteiger partial charge in [0.15, 0.2) is 0 Å². The summed E-state index contributed by atoms with van der Waals surface area (Å²) in [5.74, 6) is -0.847. The Bertz CT molecular complexity index is 352. The van der Waals surface area contributed by atoms with Crippen molar-refractivity contribution in [3.05, 3.63) is 35.9 Å². The summed E-state index contributed by atoms with van der Waals surface area (Å²) in [6, 6.07) is 9.61. The van der Waals surface area contributed by atoms with Gasteiger partial charge in [-0.2, -0.15) is 0 Å². The smallest absolute Gasteiger partial charge is 0.262 e. The minimum atomic E-state index is -0.631. The molecule has 0 aliphatic carbocycles. The van der Waals surface area contributed by atoms with Crippen LogP contribution in [0.2, 0.25) is 0 Å². The largest absolute Gasteiger partial charge is 0.347 e. The molecule has 1 aromatic carbocycles. The Morgan fingerprint density at radius 1 is 1.12 bits per heavy atom. The Kier molecular flexibility index (Phi) is 5.01. The normalized spacial score (nSPS) is 9.56. The first kappa shape index (κ1) is 12.2. The zero-order valence-electron chi connectivity index (χ0n) is 8.77. The van der Waals surface area contributed by atoms with Crippen LogP contribution in [0.15, 0.2) is 30.3 Å². The van der Waals surface area contributed by atoms with E-state index in [4.69, 9.17) is 5.21 Å². The molecule has 0 heterocycles. The lowest BCUT2D eigenvalue weighted by atomic mass is 10.1. The number of hydrogen-bond acceptors (Lipinski definition) is 3. The van der Waals surface area contributed by atoms with E-state index in [-0.39, 0.29) is 12.5 Å². The maximum absolute atomic E-state index is 11.3. The summed E-state index contributed by atoms with van der Waals surface area (Å²) in [5, 5.41) is 10.6. The highest BCUT2D eigenvalue weighted by molar-refractivity contribution is 5.84. The molecule has 0 bridgehead atoms. The number of carbonyl (C=O) groups excluding carboxylic acids is 2. The van der Waals surface area contributed by atoms with E-state index in [9.17, 15) is 9.59 Å². The van der Waals surface area contributed by atoms with Crippen molar-refractivity contribution in [2.75, 3.05) is 6.54 Å². The van der Waals surface area contributed by atoms with Gasteiger partial charge < -0.3 is 5.32 Å². The number of rotatable bonds is 5. The molecule has 2 amide bonds. The molecule has 0 atom stereocenters. The Hall–Kier alpha value is -1.88. The number of hydroxylamine groups is 1. The molecule has 86 valence electrons. The molecular weight excluding hydrogens is 208 g/mol. The second-order valence-corrected chi connectivity index (χ2v) is 3.30. The Balaban J connectivity index is 2.23. The van der Waals surface area contributed by atoms with Gasteiger partial charge in [0.1, 0.15) is 0 Å². The predicted molar refractivity (Wildman–Crippen MR) is 57.7 cm³/mol. The zero-order valence-corrected chi connectivity index (χ0v) is 8.77. The average molecular weight is 222 g/mol. The predicted octanol–water partition coefficient (Wildman–Crippen LogP) is 0.241. The van der Waals surface area contributed by atoms with Crippen LogP contribution in [0.25, 0.3) is 0 Å². The summed E-state index contributed by atoms with van der Waals surface area (Å²) in [5.41, 5.74) is 2.51. The van der Waals surface area contributed by atoms with Crippen molar-refractivity contribution in [2.24, 2.45) is 0 Å². The van der Waals surface area contributed by atoms with Gasteiger partial charge in [0.25, 0.3) is 5.91 Å². The van der Waals surface area contributed by atoms with Gasteiger partial charge >= 0.3 is 0 Å². The summed E-state index contributed by atoms with van der Waals surface area (Å²) in [6.45, 7) is -0.204. The van der Waals surface area contributed by atoms with E-state index >= 15 is 0 Å². The van der Waals surface area contributed by atoms with Gasteiger partial charge in [-0.3, -0.25) is 14.8 Å². The summed E-state index contributed by atoms with van der Waals surface area (Å²) < 4.78 is 0. The van der Waals surface area contributed by atoms with Crippen molar-refractivity contribution >= 4 is 11.8 Å². The van der Waals surface area contributed by atoms with Gasteiger partial charge in [-0.05, 0) is 12.0 Å². The third-order valence-electron chi connectivity index (χ3n) is 2.05. The molecule has 1 rings (SSSR count). The van der Waals surface area contributed by atoms with Gasteiger partial charge in [-0.15, -0.1) is 0 Å².